The molecule has 0 aliphatic carbocycles. The molecule has 0 bridgehead atoms. The van der Waals surface area contributed by atoms with Crippen molar-refractivity contribution in [2.24, 2.45) is 14.1 Å². The van der Waals surface area contributed by atoms with Gasteiger partial charge in [0.2, 0.25) is 5.91 Å². The summed E-state index contributed by atoms with van der Waals surface area (Å²) in [7, 11) is 3.18. The first-order valence-corrected chi connectivity index (χ1v) is 10.1. The monoisotopic (exact) mass is 437 g/mol. The first kappa shape index (κ1) is 20.5. The highest BCUT2D eigenvalue weighted by Gasteiger charge is 2.17. The van der Waals surface area contributed by atoms with E-state index in [1.54, 1.807) is 31.6 Å². The molecule has 0 spiro atoms. The summed E-state index contributed by atoms with van der Waals surface area (Å²) in [6.07, 6.45) is 4.80. The lowest BCUT2D eigenvalue weighted by Gasteiger charge is -2.12. The number of aromatic nitrogens is 6. The molecule has 0 saturated carbocycles. The first-order chi connectivity index (χ1) is 14.8. The highest BCUT2D eigenvalue weighted by Crippen LogP contribution is 2.27. The number of anilines is 1. The molecule has 3 aromatic heterocycles. The standard InChI is InChI=1S/C20H19N7O3S/c1-12-9-13(31-19-21-7-4-8-22-19)5-6-14(12)24-15(28)10-27-18(29)16-17(23-11-25(16)2)26(3)20(27)30/h4-9,11H,10H2,1-3H3,(H,24,28). The number of fused-ring (bicyclic) bond motifs is 1. The molecular formula is C20H19N7O3S. The fourth-order valence-corrected chi connectivity index (χ4v) is 3.96. The lowest BCUT2D eigenvalue weighted by atomic mass is 10.2. The van der Waals surface area contributed by atoms with Gasteiger partial charge in [-0.25, -0.2) is 24.3 Å². The molecule has 158 valence electrons. The number of nitrogens with one attached hydrogen (secondary N) is 1. The van der Waals surface area contributed by atoms with Crippen molar-refractivity contribution < 1.29 is 4.79 Å². The van der Waals surface area contributed by atoms with E-state index >= 15 is 0 Å². The lowest BCUT2D eigenvalue weighted by Crippen LogP contribution is -2.42. The van der Waals surface area contributed by atoms with Gasteiger partial charge in [0.25, 0.3) is 5.56 Å². The fourth-order valence-electron chi connectivity index (χ4n) is 3.15. The van der Waals surface area contributed by atoms with Crippen LogP contribution in [0.4, 0.5) is 5.69 Å². The summed E-state index contributed by atoms with van der Waals surface area (Å²) in [6.45, 7) is 1.46. The average Bonchev–Trinajstić information content (AvgIpc) is 3.14. The normalized spacial score (nSPS) is 11.1. The molecule has 0 aliphatic heterocycles. The molecule has 1 aromatic carbocycles. The third-order valence-electron chi connectivity index (χ3n) is 4.73. The number of rotatable bonds is 5. The molecule has 4 rings (SSSR count). The van der Waals surface area contributed by atoms with Crippen LogP contribution in [0.25, 0.3) is 11.2 Å². The molecule has 11 heteroatoms. The second-order valence-corrected chi connectivity index (χ2v) is 7.96. The Balaban J connectivity index is 1.55. The van der Waals surface area contributed by atoms with Gasteiger partial charge in [0.15, 0.2) is 16.3 Å². The number of hydrogen-bond acceptors (Lipinski definition) is 7. The van der Waals surface area contributed by atoms with E-state index in [9.17, 15) is 14.4 Å². The Morgan fingerprint density at radius 2 is 1.87 bits per heavy atom. The van der Waals surface area contributed by atoms with Gasteiger partial charge in [-0.15, -0.1) is 0 Å². The third-order valence-corrected chi connectivity index (χ3v) is 5.61. The largest absolute Gasteiger partial charge is 0.332 e. The van der Waals surface area contributed by atoms with Crippen LogP contribution in [0.3, 0.4) is 0 Å². The maximum absolute atomic E-state index is 12.8. The molecule has 0 saturated heterocycles. The van der Waals surface area contributed by atoms with Crippen LogP contribution in [-0.2, 0) is 25.4 Å². The predicted molar refractivity (Wildman–Crippen MR) is 116 cm³/mol. The van der Waals surface area contributed by atoms with Crippen LogP contribution in [0.15, 0.2) is 62.6 Å². The molecule has 0 unspecified atom stereocenters. The van der Waals surface area contributed by atoms with Crippen LogP contribution in [0.2, 0.25) is 0 Å². The van der Waals surface area contributed by atoms with Crippen molar-refractivity contribution in [1.29, 1.82) is 0 Å². The summed E-state index contributed by atoms with van der Waals surface area (Å²) >= 11 is 1.41. The smallest absolute Gasteiger partial charge is 0.328 e. The summed E-state index contributed by atoms with van der Waals surface area (Å²) < 4.78 is 3.70. The van der Waals surface area contributed by atoms with E-state index in [-0.39, 0.29) is 11.2 Å². The van der Waals surface area contributed by atoms with Gasteiger partial charge in [0.05, 0.1) is 6.33 Å². The van der Waals surface area contributed by atoms with E-state index in [1.165, 1.54) is 34.3 Å². The molecule has 10 nitrogen and oxygen atoms in total. The number of imidazole rings is 1. The van der Waals surface area contributed by atoms with Crippen LogP contribution in [0.5, 0.6) is 0 Å². The SMILES string of the molecule is Cc1cc(Sc2ncccn2)ccc1NC(=O)Cn1c(=O)c2c(ncn2C)n(C)c1=O. The van der Waals surface area contributed by atoms with E-state index in [1.807, 2.05) is 19.1 Å². The number of benzene rings is 1. The van der Waals surface area contributed by atoms with Crippen molar-refractivity contribution in [2.75, 3.05) is 5.32 Å². The molecule has 1 amide bonds. The zero-order valence-corrected chi connectivity index (χ0v) is 17.9. The van der Waals surface area contributed by atoms with Crippen molar-refractivity contribution in [3.8, 4) is 0 Å². The van der Waals surface area contributed by atoms with E-state index in [0.717, 1.165) is 15.0 Å². The Morgan fingerprint density at radius 3 is 2.58 bits per heavy atom. The molecule has 31 heavy (non-hydrogen) atoms. The van der Waals surface area contributed by atoms with Gasteiger partial charge >= 0.3 is 5.69 Å². The fraction of sp³-hybridized carbons (Fsp3) is 0.200. The minimum absolute atomic E-state index is 0.260. The minimum atomic E-state index is -0.599. The van der Waals surface area contributed by atoms with Crippen LogP contribution in [-0.4, -0.2) is 34.6 Å². The van der Waals surface area contributed by atoms with Gasteiger partial charge in [-0.1, -0.05) is 0 Å². The van der Waals surface area contributed by atoms with Crippen molar-refractivity contribution in [3.05, 3.63) is 69.4 Å². The highest BCUT2D eigenvalue weighted by molar-refractivity contribution is 7.99. The minimum Gasteiger partial charge on any atom is -0.328 e. The zero-order chi connectivity index (χ0) is 22.1. The molecule has 3 heterocycles. The second kappa shape index (κ2) is 8.19. The Kier molecular flexibility index (Phi) is 5.42. The van der Waals surface area contributed by atoms with Crippen molar-refractivity contribution in [3.63, 3.8) is 0 Å². The lowest BCUT2D eigenvalue weighted by molar-refractivity contribution is -0.116. The maximum atomic E-state index is 12.8. The van der Waals surface area contributed by atoms with Gasteiger partial charge < -0.3 is 9.88 Å². The summed E-state index contributed by atoms with van der Waals surface area (Å²) in [5, 5.41) is 3.39. The number of amides is 1. The number of carbonyl (C=O) groups is 1. The van der Waals surface area contributed by atoms with Crippen molar-refractivity contribution in [1.82, 2.24) is 28.7 Å². The van der Waals surface area contributed by atoms with E-state index in [4.69, 9.17) is 0 Å². The highest BCUT2D eigenvalue weighted by atomic mass is 32.2. The summed E-state index contributed by atoms with van der Waals surface area (Å²) in [4.78, 5) is 51.3. The van der Waals surface area contributed by atoms with Gasteiger partial charge in [-0.2, -0.15) is 0 Å². The number of hydrogen-bond donors (Lipinski definition) is 1. The second-order valence-electron chi connectivity index (χ2n) is 6.92. The molecule has 0 atom stereocenters. The average molecular weight is 437 g/mol. The van der Waals surface area contributed by atoms with E-state index < -0.39 is 23.7 Å². The zero-order valence-electron chi connectivity index (χ0n) is 17.1. The molecule has 0 fully saturated rings. The van der Waals surface area contributed by atoms with Gasteiger partial charge in [-0.05, 0) is 48.5 Å². The van der Waals surface area contributed by atoms with Crippen molar-refractivity contribution >= 4 is 34.5 Å². The van der Waals surface area contributed by atoms with Gasteiger partial charge in [0, 0.05) is 37.1 Å². The van der Waals surface area contributed by atoms with Crippen molar-refractivity contribution in [2.45, 2.75) is 23.5 Å². The number of aryl methyl sites for hydroxylation is 3. The molecule has 1 N–H and O–H groups in total. The molecule has 4 aromatic rings. The maximum Gasteiger partial charge on any atom is 0.332 e. The summed E-state index contributed by atoms with van der Waals surface area (Å²) in [6, 6.07) is 7.27. The Labute approximate surface area is 180 Å². The van der Waals surface area contributed by atoms with Crippen LogP contribution in [0, 0.1) is 6.92 Å². The number of carbonyl (C=O) groups excluding carboxylic acids is 1. The van der Waals surface area contributed by atoms with Crippen LogP contribution in [0.1, 0.15) is 5.56 Å². The summed E-state index contributed by atoms with van der Waals surface area (Å²) in [5.41, 5.74) is 0.805. The van der Waals surface area contributed by atoms with Crippen LogP contribution >= 0.6 is 11.8 Å². The van der Waals surface area contributed by atoms with Gasteiger partial charge in [-0.3, -0.25) is 14.2 Å². The Bertz CT molecular complexity index is 1410. The van der Waals surface area contributed by atoms with Crippen LogP contribution < -0.4 is 16.6 Å². The number of nitrogens with zero attached hydrogens (tertiary/aromatic N) is 6. The topological polar surface area (TPSA) is 117 Å². The van der Waals surface area contributed by atoms with Gasteiger partial charge in [0.1, 0.15) is 6.54 Å². The predicted octanol–water partition coefficient (Wildman–Crippen LogP) is 1.32. The third kappa shape index (κ3) is 3.99. The molecular weight excluding hydrogens is 418 g/mol. The Hall–Kier alpha value is -3.73. The Morgan fingerprint density at radius 1 is 1.13 bits per heavy atom. The van der Waals surface area contributed by atoms with E-state index in [0.29, 0.717) is 10.8 Å². The first-order valence-electron chi connectivity index (χ1n) is 9.31. The summed E-state index contributed by atoms with van der Waals surface area (Å²) in [5.74, 6) is -0.476. The van der Waals surface area contributed by atoms with E-state index in [2.05, 4.69) is 20.3 Å². The molecule has 0 radical (unpaired) electrons. The quantitative estimate of drug-likeness (QED) is 0.468. The molecule has 0 aliphatic rings.